The summed E-state index contributed by atoms with van der Waals surface area (Å²) in [5, 5.41) is 3.39. The average molecular weight is 477 g/mol. The summed E-state index contributed by atoms with van der Waals surface area (Å²) >= 11 is 1.61. The zero-order valence-corrected chi connectivity index (χ0v) is 20.4. The summed E-state index contributed by atoms with van der Waals surface area (Å²) in [6, 6.07) is 6.09. The third kappa shape index (κ3) is 3.39. The Morgan fingerprint density at radius 3 is 2.68 bits per heavy atom. The third-order valence-electron chi connectivity index (χ3n) is 7.60. The number of amides is 2. The molecule has 3 atom stereocenters. The van der Waals surface area contributed by atoms with Crippen LogP contribution in [0.15, 0.2) is 30.6 Å². The molecular formula is C26H28N4O3S. The van der Waals surface area contributed by atoms with Crippen LogP contribution in [0.3, 0.4) is 0 Å². The van der Waals surface area contributed by atoms with E-state index in [9.17, 15) is 9.59 Å². The molecule has 3 fully saturated rings. The van der Waals surface area contributed by atoms with Gasteiger partial charge >= 0.3 is 0 Å². The highest BCUT2D eigenvalue weighted by Gasteiger charge is 2.72. The average Bonchev–Trinajstić information content (AvgIpc) is 3.06. The first-order chi connectivity index (χ1) is 16.4. The molecule has 2 saturated heterocycles. The topological polar surface area (TPSA) is 84.4 Å². The highest BCUT2D eigenvalue weighted by Crippen LogP contribution is 2.63. The van der Waals surface area contributed by atoms with Crippen LogP contribution in [0.1, 0.15) is 30.0 Å². The molecule has 6 rings (SSSR count). The van der Waals surface area contributed by atoms with E-state index in [4.69, 9.17) is 9.72 Å². The van der Waals surface area contributed by atoms with Gasteiger partial charge in [0.05, 0.1) is 47.0 Å². The van der Waals surface area contributed by atoms with Gasteiger partial charge in [-0.15, -0.1) is 11.3 Å². The normalized spacial score (nSPS) is 25.7. The first kappa shape index (κ1) is 21.8. The maximum Gasteiger partial charge on any atom is 0.234 e. The summed E-state index contributed by atoms with van der Waals surface area (Å²) < 4.78 is 7.00. The van der Waals surface area contributed by atoms with Gasteiger partial charge in [-0.05, 0) is 36.1 Å². The van der Waals surface area contributed by atoms with Crippen molar-refractivity contribution in [3.63, 3.8) is 0 Å². The second-order valence-corrected chi connectivity index (χ2v) is 11.3. The van der Waals surface area contributed by atoms with Crippen LogP contribution < -0.4 is 5.32 Å². The second-order valence-electron chi connectivity index (χ2n) is 10.2. The summed E-state index contributed by atoms with van der Waals surface area (Å²) in [5.41, 5.74) is 5.08. The molecule has 3 aromatic heterocycles. The minimum Gasteiger partial charge on any atom is -0.375 e. The molecule has 176 valence electrons. The zero-order chi connectivity index (χ0) is 23.6. The van der Waals surface area contributed by atoms with Crippen molar-refractivity contribution in [3.8, 4) is 11.1 Å². The summed E-state index contributed by atoms with van der Waals surface area (Å²) in [5.74, 6) is -0.366. The maximum absolute atomic E-state index is 12.8. The number of ether oxygens (including phenoxy) is 1. The number of morpholine rings is 1. The van der Waals surface area contributed by atoms with E-state index in [0.29, 0.717) is 13.2 Å². The van der Waals surface area contributed by atoms with Crippen molar-refractivity contribution >= 4 is 33.4 Å². The Kier molecular flexibility index (Phi) is 5.09. The van der Waals surface area contributed by atoms with E-state index in [1.807, 2.05) is 44.4 Å². The Morgan fingerprint density at radius 2 is 1.94 bits per heavy atom. The molecule has 3 aromatic rings. The molecule has 0 bridgehead atoms. The molecule has 7 nitrogen and oxygen atoms in total. The molecule has 2 aliphatic heterocycles. The van der Waals surface area contributed by atoms with Crippen molar-refractivity contribution < 1.29 is 14.3 Å². The lowest BCUT2D eigenvalue weighted by Gasteiger charge is -2.24. The second kappa shape index (κ2) is 7.93. The Hall–Kier alpha value is -2.68. The van der Waals surface area contributed by atoms with E-state index >= 15 is 0 Å². The van der Waals surface area contributed by atoms with E-state index in [1.165, 1.54) is 4.90 Å². The van der Waals surface area contributed by atoms with Crippen LogP contribution in [0.5, 0.6) is 0 Å². The lowest BCUT2D eigenvalue weighted by atomic mass is 9.96. The number of thiophene rings is 1. The van der Waals surface area contributed by atoms with E-state index in [2.05, 4.69) is 17.2 Å². The van der Waals surface area contributed by atoms with Crippen molar-refractivity contribution in [2.24, 2.45) is 17.3 Å². The predicted octanol–water partition coefficient (Wildman–Crippen LogP) is 3.34. The van der Waals surface area contributed by atoms with Crippen molar-refractivity contribution in [2.45, 2.75) is 39.8 Å². The largest absolute Gasteiger partial charge is 0.375 e. The number of fused-ring (bicyclic) bond motifs is 2. The smallest absolute Gasteiger partial charge is 0.234 e. The molecule has 1 aliphatic carbocycles. The van der Waals surface area contributed by atoms with Gasteiger partial charge in [0.1, 0.15) is 0 Å². The molecule has 0 aromatic carbocycles. The Morgan fingerprint density at radius 1 is 1.18 bits per heavy atom. The molecule has 3 unspecified atom stereocenters. The quantitative estimate of drug-likeness (QED) is 0.569. The van der Waals surface area contributed by atoms with Crippen LogP contribution >= 0.6 is 11.3 Å². The number of nitrogens with zero attached hydrogens (tertiary/aromatic N) is 3. The van der Waals surface area contributed by atoms with E-state index < -0.39 is 0 Å². The van der Waals surface area contributed by atoms with Crippen molar-refractivity contribution in [2.75, 3.05) is 19.7 Å². The van der Waals surface area contributed by atoms with E-state index in [0.717, 1.165) is 57.0 Å². The van der Waals surface area contributed by atoms with Gasteiger partial charge in [0.15, 0.2) is 0 Å². The summed E-state index contributed by atoms with van der Waals surface area (Å²) in [6.45, 7) is 8.86. The lowest BCUT2D eigenvalue weighted by Crippen LogP contribution is -2.39. The number of nitrogens with one attached hydrogen (secondary N) is 1. The van der Waals surface area contributed by atoms with Gasteiger partial charge in [-0.1, -0.05) is 13.8 Å². The fourth-order valence-electron chi connectivity index (χ4n) is 5.68. The standard InChI is InChI=1S/C26H28N4O3S/c1-14-4-6-28-18(10-15-12-27-8-9-33-15)20(14)17-5-7-29-19-11-16(34-23(17)19)13-30-24(31)21-22(25(30)32)26(21,2)3/h4-7,11,15,21-22,27H,8-10,12-13H2,1-3H3. The molecule has 0 spiro atoms. The van der Waals surface area contributed by atoms with E-state index in [1.54, 1.807) is 11.3 Å². The number of piperidine rings is 1. The Bertz CT molecular complexity index is 1290. The minimum absolute atomic E-state index is 0.0304. The van der Waals surface area contributed by atoms with Gasteiger partial charge in [0.25, 0.3) is 0 Å². The Labute approximate surface area is 202 Å². The molecule has 2 amide bonds. The molecule has 8 heteroatoms. The molecular weight excluding hydrogens is 448 g/mol. The number of aromatic nitrogens is 2. The number of pyridine rings is 2. The zero-order valence-electron chi connectivity index (χ0n) is 19.6. The van der Waals surface area contributed by atoms with Gasteiger partial charge in [-0.25, -0.2) is 0 Å². The van der Waals surface area contributed by atoms with Crippen LogP contribution in [0.4, 0.5) is 0 Å². The molecule has 1 N–H and O–H groups in total. The van der Waals surface area contributed by atoms with Gasteiger partial charge in [0, 0.05) is 47.9 Å². The molecule has 34 heavy (non-hydrogen) atoms. The monoisotopic (exact) mass is 476 g/mol. The molecule has 3 aliphatic rings. The number of rotatable bonds is 5. The third-order valence-corrected chi connectivity index (χ3v) is 8.74. The SMILES string of the molecule is Cc1ccnc(CC2CNCCO2)c1-c1ccnc2cc(CN3C(=O)C4C(C3=O)C4(C)C)sc12. The fraction of sp³-hybridized carbons (Fsp3) is 0.462. The fourth-order valence-corrected chi connectivity index (χ4v) is 6.80. The molecule has 5 heterocycles. The van der Waals surface area contributed by atoms with Crippen LogP contribution in [0.25, 0.3) is 21.3 Å². The number of carbonyl (C=O) groups is 2. The highest BCUT2D eigenvalue weighted by molar-refractivity contribution is 7.19. The van der Waals surface area contributed by atoms with Crippen LogP contribution in [0.2, 0.25) is 0 Å². The summed E-state index contributed by atoms with van der Waals surface area (Å²) in [6.07, 6.45) is 4.52. The Balaban J connectivity index is 1.33. The number of carbonyl (C=O) groups excluding carboxylic acids is 2. The van der Waals surface area contributed by atoms with Crippen molar-refractivity contribution in [1.29, 1.82) is 0 Å². The first-order valence-corrected chi connectivity index (χ1v) is 12.7. The van der Waals surface area contributed by atoms with Gasteiger partial charge in [-0.2, -0.15) is 0 Å². The summed E-state index contributed by atoms with van der Waals surface area (Å²) in [4.78, 5) is 37.4. The maximum atomic E-state index is 12.8. The number of hydrogen-bond donors (Lipinski definition) is 1. The van der Waals surface area contributed by atoms with Gasteiger partial charge in [0.2, 0.25) is 11.8 Å². The van der Waals surface area contributed by atoms with Gasteiger partial charge in [-0.3, -0.25) is 24.5 Å². The van der Waals surface area contributed by atoms with Crippen molar-refractivity contribution in [1.82, 2.24) is 20.2 Å². The number of hydrogen-bond acceptors (Lipinski definition) is 7. The van der Waals surface area contributed by atoms with Crippen LogP contribution in [0, 0.1) is 24.2 Å². The predicted molar refractivity (Wildman–Crippen MR) is 130 cm³/mol. The number of imide groups is 1. The number of likely N-dealkylation sites (tertiary alicyclic amines) is 1. The molecule has 1 saturated carbocycles. The highest BCUT2D eigenvalue weighted by atomic mass is 32.1. The van der Waals surface area contributed by atoms with Crippen LogP contribution in [-0.2, 0) is 27.3 Å². The first-order valence-electron chi connectivity index (χ1n) is 11.9. The minimum atomic E-state index is -0.189. The molecule has 0 radical (unpaired) electrons. The summed E-state index contributed by atoms with van der Waals surface area (Å²) in [7, 11) is 0. The van der Waals surface area contributed by atoms with Crippen molar-refractivity contribution in [3.05, 3.63) is 46.7 Å². The van der Waals surface area contributed by atoms with E-state index in [-0.39, 0.29) is 35.2 Å². The van der Waals surface area contributed by atoms with Gasteiger partial charge < -0.3 is 10.1 Å². The number of aryl methyl sites for hydroxylation is 1. The van der Waals surface area contributed by atoms with Crippen LogP contribution in [-0.4, -0.2) is 52.5 Å². The lowest BCUT2D eigenvalue weighted by molar-refractivity contribution is -0.143.